The zero-order valence-electron chi connectivity index (χ0n) is 13.2. The molecule has 5 nitrogen and oxygen atoms in total. The number of hydrogen-bond donors (Lipinski definition) is 3. The molecule has 23 heavy (non-hydrogen) atoms. The minimum absolute atomic E-state index is 0.0634. The van der Waals surface area contributed by atoms with Gasteiger partial charge in [0.15, 0.2) is 0 Å². The number of anilines is 2. The average Bonchev–Trinajstić information content (AvgIpc) is 2.53. The lowest BCUT2D eigenvalue weighted by Crippen LogP contribution is -2.18. The summed E-state index contributed by atoms with van der Waals surface area (Å²) in [5.74, 6) is -0.975. The van der Waals surface area contributed by atoms with Gasteiger partial charge >= 0.3 is 5.97 Å². The number of benzene rings is 2. The summed E-state index contributed by atoms with van der Waals surface area (Å²) in [5.41, 5.74) is 1.55. The van der Waals surface area contributed by atoms with Crippen LogP contribution in [0, 0.1) is 5.92 Å². The number of nitrogens with one attached hydrogen (secondary N) is 2. The highest BCUT2D eigenvalue weighted by Crippen LogP contribution is 2.20. The fourth-order valence-electron chi connectivity index (χ4n) is 2.12. The first-order valence-electron chi connectivity index (χ1n) is 7.45. The van der Waals surface area contributed by atoms with Gasteiger partial charge in [-0.25, -0.2) is 4.79 Å². The Morgan fingerprint density at radius 3 is 2.13 bits per heavy atom. The molecular formula is C18H20N2O3. The van der Waals surface area contributed by atoms with Gasteiger partial charge < -0.3 is 15.7 Å². The summed E-state index contributed by atoms with van der Waals surface area (Å²) in [4.78, 5) is 23.7. The largest absolute Gasteiger partial charge is 0.478 e. The number of rotatable bonds is 6. The quantitative estimate of drug-likeness (QED) is 0.760. The molecular weight excluding hydrogens is 292 g/mol. The van der Waals surface area contributed by atoms with Crippen LogP contribution in [0.2, 0.25) is 0 Å². The highest BCUT2D eigenvalue weighted by molar-refractivity contribution is 6.10. The molecule has 0 saturated carbocycles. The van der Waals surface area contributed by atoms with Crippen molar-refractivity contribution in [1.29, 1.82) is 0 Å². The second kappa shape index (κ2) is 7.45. The van der Waals surface area contributed by atoms with E-state index in [0.717, 1.165) is 12.2 Å². The molecule has 0 saturated heterocycles. The van der Waals surface area contributed by atoms with Gasteiger partial charge in [-0.05, 0) is 30.2 Å². The summed E-state index contributed by atoms with van der Waals surface area (Å²) in [7, 11) is 0. The van der Waals surface area contributed by atoms with Crippen molar-refractivity contribution in [3.05, 3.63) is 59.7 Å². The lowest BCUT2D eigenvalue weighted by molar-refractivity contribution is 0.0698. The Balaban J connectivity index is 2.23. The number of aromatic carboxylic acids is 1. The van der Waals surface area contributed by atoms with Gasteiger partial charge in [-0.15, -0.1) is 0 Å². The topological polar surface area (TPSA) is 78.4 Å². The van der Waals surface area contributed by atoms with E-state index in [9.17, 15) is 14.7 Å². The van der Waals surface area contributed by atoms with E-state index in [1.165, 1.54) is 6.07 Å². The van der Waals surface area contributed by atoms with Crippen LogP contribution in [0.4, 0.5) is 11.4 Å². The summed E-state index contributed by atoms with van der Waals surface area (Å²) >= 11 is 0. The molecule has 3 N–H and O–H groups in total. The highest BCUT2D eigenvalue weighted by atomic mass is 16.4. The van der Waals surface area contributed by atoms with Gasteiger partial charge in [0.05, 0.1) is 16.8 Å². The molecule has 2 aromatic rings. The molecule has 0 aliphatic carbocycles. The Bertz CT molecular complexity index is 711. The van der Waals surface area contributed by atoms with Crippen LogP contribution >= 0.6 is 0 Å². The van der Waals surface area contributed by atoms with Crippen molar-refractivity contribution >= 4 is 23.3 Å². The molecule has 0 radical (unpaired) electrons. The van der Waals surface area contributed by atoms with Crippen LogP contribution in [0.15, 0.2) is 48.5 Å². The number of carboxylic acid groups (broad SMARTS) is 1. The molecule has 5 heteroatoms. The third-order valence-electron chi connectivity index (χ3n) is 3.28. The lowest BCUT2D eigenvalue weighted by Gasteiger charge is -2.14. The molecule has 0 fully saturated rings. The monoisotopic (exact) mass is 312 g/mol. The Morgan fingerprint density at radius 2 is 1.52 bits per heavy atom. The molecule has 120 valence electrons. The van der Waals surface area contributed by atoms with Crippen LogP contribution in [0.1, 0.15) is 34.6 Å². The van der Waals surface area contributed by atoms with Gasteiger partial charge in [-0.2, -0.15) is 0 Å². The van der Waals surface area contributed by atoms with Gasteiger partial charge in [0.2, 0.25) is 0 Å². The van der Waals surface area contributed by atoms with Crippen LogP contribution in [0.3, 0.4) is 0 Å². The number of amides is 1. The van der Waals surface area contributed by atoms with E-state index in [0.29, 0.717) is 11.5 Å². The highest BCUT2D eigenvalue weighted by Gasteiger charge is 2.15. The maximum absolute atomic E-state index is 12.5. The molecule has 2 aromatic carbocycles. The average molecular weight is 312 g/mol. The molecule has 0 aliphatic heterocycles. The van der Waals surface area contributed by atoms with Gasteiger partial charge in [-0.1, -0.05) is 38.1 Å². The van der Waals surface area contributed by atoms with Crippen molar-refractivity contribution in [1.82, 2.24) is 0 Å². The maximum atomic E-state index is 12.5. The Labute approximate surface area is 135 Å². The van der Waals surface area contributed by atoms with E-state index in [1.807, 2.05) is 12.1 Å². The van der Waals surface area contributed by atoms with Crippen LogP contribution in [0.5, 0.6) is 0 Å². The van der Waals surface area contributed by atoms with Crippen LogP contribution in [-0.2, 0) is 0 Å². The van der Waals surface area contributed by atoms with E-state index < -0.39 is 5.97 Å². The van der Waals surface area contributed by atoms with Gasteiger partial charge in [0.25, 0.3) is 5.91 Å². The van der Waals surface area contributed by atoms with E-state index in [1.54, 1.807) is 30.3 Å². The Morgan fingerprint density at radius 1 is 0.957 bits per heavy atom. The molecule has 0 atom stereocenters. The molecule has 0 bridgehead atoms. The molecule has 1 amide bonds. The number of carboxylic acids is 1. The first kappa shape index (κ1) is 16.5. The third-order valence-corrected chi connectivity index (χ3v) is 3.28. The second-order valence-electron chi connectivity index (χ2n) is 5.63. The predicted molar refractivity (Wildman–Crippen MR) is 91.1 cm³/mol. The van der Waals surface area contributed by atoms with E-state index >= 15 is 0 Å². The Hall–Kier alpha value is -2.82. The smallest absolute Gasteiger partial charge is 0.337 e. The zero-order valence-corrected chi connectivity index (χ0v) is 13.2. The van der Waals surface area contributed by atoms with Crippen molar-refractivity contribution in [2.45, 2.75) is 13.8 Å². The molecule has 0 aliphatic rings. The van der Waals surface area contributed by atoms with Crippen LogP contribution in [-0.4, -0.2) is 23.5 Å². The fraction of sp³-hybridized carbons (Fsp3) is 0.222. The zero-order chi connectivity index (χ0) is 16.8. The first-order valence-corrected chi connectivity index (χ1v) is 7.45. The van der Waals surface area contributed by atoms with Crippen molar-refractivity contribution in [3.63, 3.8) is 0 Å². The Kier molecular flexibility index (Phi) is 5.36. The molecule has 0 aromatic heterocycles. The van der Waals surface area contributed by atoms with Crippen LogP contribution in [0.25, 0.3) is 0 Å². The van der Waals surface area contributed by atoms with Gasteiger partial charge in [-0.3, -0.25) is 4.79 Å². The maximum Gasteiger partial charge on any atom is 0.337 e. The third kappa shape index (κ3) is 4.32. The summed E-state index contributed by atoms with van der Waals surface area (Å²) in [6.45, 7) is 4.91. The molecule has 0 heterocycles. The first-order chi connectivity index (χ1) is 11.0. The number of carbonyl (C=O) groups is 2. The summed E-state index contributed by atoms with van der Waals surface area (Å²) in [5, 5.41) is 15.1. The normalized spacial score (nSPS) is 10.4. The van der Waals surface area contributed by atoms with Crippen molar-refractivity contribution < 1.29 is 14.7 Å². The number of hydrogen-bond acceptors (Lipinski definition) is 3. The second-order valence-corrected chi connectivity index (χ2v) is 5.63. The lowest BCUT2D eigenvalue weighted by atomic mass is 10.1. The standard InChI is InChI=1S/C18H20N2O3/c1-12(2)11-19-15-9-5-3-7-13(15)17(21)20-16-10-6-4-8-14(16)18(22)23/h3-10,12,19H,11H2,1-2H3,(H,20,21)(H,22,23). The number of carbonyl (C=O) groups excluding carboxylic acids is 1. The fourth-order valence-corrected chi connectivity index (χ4v) is 2.12. The van der Waals surface area contributed by atoms with Crippen LogP contribution < -0.4 is 10.6 Å². The van der Waals surface area contributed by atoms with E-state index in [-0.39, 0.29) is 17.2 Å². The van der Waals surface area contributed by atoms with Crippen molar-refractivity contribution in [3.8, 4) is 0 Å². The molecule has 0 spiro atoms. The van der Waals surface area contributed by atoms with Gasteiger partial charge in [0, 0.05) is 12.2 Å². The summed E-state index contributed by atoms with van der Waals surface area (Å²) in [6, 6.07) is 13.5. The molecule has 2 rings (SSSR count). The number of para-hydroxylation sites is 2. The van der Waals surface area contributed by atoms with Gasteiger partial charge in [0.1, 0.15) is 0 Å². The van der Waals surface area contributed by atoms with Crippen molar-refractivity contribution in [2.75, 3.05) is 17.2 Å². The van der Waals surface area contributed by atoms with Crippen molar-refractivity contribution in [2.24, 2.45) is 5.92 Å². The summed E-state index contributed by atoms with van der Waals surface area (Å²) in [6.07, 6.45) is 0. The predicted octanol–water partition coefficient (Wildman–Crippen LogP) is 3.71. The SMILES string of the molecule is CC(C)CNc1ccccc1C(=O)Nc1ccccc1C(=O)O. The summed E-state index contributed by atoms with van der Waals surface area (Å²) < 4.78 is 0. The molecule has 0 unspecified atom stereocenters. The minimum Gasteiger partial charge on any atom is -0.478 e. The van der Waals surface area contributed by atoms with E-state index in [2.05, 4.69) is 24.5 Å². The van der Waals surface area contributed by atoms with E-state index in [4.69, 9.17) is 0 Å². The minimum atomic E-state index is -1.08.